The van der Waals surface area contributed by atoms with Crippen LogP contribution < -0.4 is 5.32 Å². The Morgan fingerprint density at radius 3 is 2.47 bits per heavy atom. The lowest BCUT2D eigenvalue weighted by Crippen LogP contribution is -2.45. The van der Waals surface area contributed by atoms with Gasteiger partial charge in [-0.15, -0.1) is 0 Å². The average Bonchev–Trinajstić information content (AvgIpc) is 2.22. The van der Waals surface area contributed by atoms with Crippen molar-refractivity contribution in [3.05, 3.63) is 0 Å². The molecule has 0 aliphatic heterocycles. The zero-order valence-corrected chi connectivity index (χ0v) is 11.4. The van der Waals surface area contributed by atoms with Crippen LogP contribution in [0.2, 0.25) is 0 Å². The van der Waals surface area contributed by atoms with Gasteiger partial charge in [-0.2, -0.15) is 0 Å². The van der Waals surface area contributed by atoms with E-state index in [0.29, 0.717) is 6.04 Å². The molecule has 0 aromatic heterocycles. The molecule has 0 rings (SSSR count). The highest BCUT2D eigenvalue weighted by Gasteiger charge is 2.28. The number of aliphatic carboxylic acids is 1. The molecule has 0 radical (unpaired) electrons. The Kier molecular flexibility index (Phi) is 7.34. The van der Waals surface area contributed by atoms with Crippen molar-refractivity contribution < 1.29 is 15.0 Å². The second-order valence-electron chi connectivity index (χ2n) is 5.04. The van der Waals surface area contributed by atoms with E-state index in [1.54, 1.807) is 0 Å². The van der Waals surface area contributed by atoms with Crippen molar-refractivity contribution in [1.29, 1.82) is 0 Å². The Labute approximate surface area is 104 Å². The van der Waals surface area contributed by atoms with Crippen LogP contribution in [0, 0.1) is 0 Å². The van der Waals surface area contributed by atoms with Gasteiger partial charge in [0.2, 0.25) is 0 Å². The first-order chi connectivity index (χ1) is 7.77. The van der Waals surface area contributed by atoms with E-state index in [1.165, 1.54) is 6.92 Å². The number of carbonyl (C=O) groups is 1. The lowest BCUT2D eigenvalue weighted by atomic mass is 10.1. The standard InChI is InChI=1S/C12H26N2O3/c1-10(2)14(4)8-6-5-7-13-9-12(3,17)11(15)16/h10,13,17H,5-9H2,1-4H3,(H,15,16). The molecule has 1 unspecified atom stereocenters. The van der Waals surface area contributed by atoms with Gasteiger partial charge >= 0.3 is 5.97 Å². The molecule has 0 saturated heterocycles. The Balaban J connectivity index is 3.51. The summed E-state index contributed by atoms with van der Waals surface area (Å²) < 4.78 is 0. The minimum absolute atomic E-state index is 0.0857. The van der Waals surface area contributed by atoms with Crippen LogP contribution in [0.25, 0.3) is 0 Å². The molecule has 3 N–H and O–H groups in total. The van der Waals surface area contributed by atoms with E-state index < -0.39 is 11.6 Å². The molecule has 17 heavy (non-hydrogen) atoms. The highest BCUT2D eigenvalue weighted by atomic mass is 16.4. The topological polar surface area (TPSA) is 72.8 Å². The predicted octanol–water partition coefficient (Wildman–Crippen LogP) is 0.532. The summed E-state index contributed by atoms with van der Waals surface area (Å²) in [5, 5.41) is 21.1. The monoisotopic (exact) mass is 246 g/mol. The Morgan fingerprint density at radius 1 is 1.41 bits per heavy atom. The van der Waals surface area contributed by atoms with Gasteiger partial charge in [-0.25, -0.2) is 4.79 Å². The van der Waals surface area contributed by atoms with Gasteiger partial charge in [-0.1, -0.05) is 0 Å². The molecule has 5 heteroatoms. The van der Waals surface area contributed by atoms with Gasteiger partial charge in [0.1, 0.15) is 0 Å². The van der Waals surface area contributed by atoms with Crippen molar-refractivity contribution >= 4 is 5.97 Å². The van der Waals surface area contributed by atoms with Crippen molar-refractivity contribution in [1.82, 2.24) is 10.2 Å². The van der Waals surface area contributed by atoms with Crippen molar-refractivity contribution in [3.8, 4) is 0 Å². The van der Waals surface area contributed by atoms with Gasteiger partial charge in [0.05, 0.1) is 0 Å². The van der Waals surface area contributed by atoms with Crippen molar-refractivity contribution in [2.45, 2.75) is 45.3 Å². The second-order valence-corrected chi connectivity index (χ2v) is 5.04. The van der Waals surface area contributed by atoms with Gasteiger partial charge in [0.25, 0.3) is 0 Å². The summed E-state index contributed by atoms with van der Waals surface area (Å²) in [5.74, 6) is -1.19. The van der Waals surface area contributed by atoms with Crippen LogP contribution in [-0.4, -0.2) is 59.4 Å². The third-order valence-corrected chi connectivity index (χ3v) is 2.93. The highest BCUT2D eigenvalue weighted by molar-refractivity contribution is 5.76. The largest absolute Gasteiger partial charge is 0.479 e. The quantitative estimate of drug-likeness (QED) is 0.518. The molecule has 0 saturated carbocycles. The van der Waals surface area contributed by atoms with Crippen molar-refractivity contribution in [3.63, 3.8) is 0 Å². The third-order valence-electron chi connectivity index (χ3n) is 2.93. The molecule has 1 atom stereocenters. The first-order valence-corrected chi connectivity index (χ1v) is 6.14. The van der Waals surface area contributed by atoms with Gasteiger partial charge in [-0.05, 0) is 53.8 Å². The molecule has 0 spiro atoms. The fraction of sp³-hybridized carbons (Fsp3) is 0.917. The molecule has 0 aromatic rings. The van der Waals surface area contributed by atoms with Crippen LogP contribution in [-0.2, 0) is 4.79 Å². The molecule has 0 bridgehead atoms. The van der Waals surface area contributed by atoms with Crippen LogP contribution in [0.1, 0.15) is 33.6 Å². The van der Waals surface area contributed by atoms with Gasteiger partial charge in [0.15, 0.2) is 5.60 Å². The van der Waals surface area contributed by atoms with E-state index in [1.807, 2.05) is 0 Å². The van der Waals surface area contributed by atoms with Crippen LogP contribution in [0.5, 0.6) is 0 Å². The predicted molar refractivity (Wildman–Crippen MR) is 68.1 cm³/mol. The summed E-state index contributed by atoms with van der Waals surface area (Å²) in [5.41, 5.74) is -1.67. The van der Waals surface area contributed by atoms with E-state index in [4.69, 9.17) is 5.11 Å². The summed E-state index contributed by atoms with van der Waals surface area (Å²) in [4.78, 5) is 12.9. The fourth-order valence-corrected chi connectivity index (χ4v) is 1.28. The smallest absolute Gasteiger partial charge is 0.336 e. The van der Waals surface area contributed by atoms with Crippen LogP contribution in [0.3, 0.4) is 0 Å². The molecule has 0 amide bonds. The number of carboxylic acids is 1. The number of carboxylic acid groups (broad SMARTS) is 1. The highest BCUT2D eigenvalue weighted by Crippen LogP contribution is 2.01. The van der Waals surface area contributed by atoms with Gasteiger partial charge in [0, 0.05) is 12.6 Å². The second kappa shape index (κ2) is 7.63. The van der Waals surface area contributed by atoms with E-state index in [-0.39, 0.29) is 6.54 Å². The average molecular weight is 246 g/mol. The third kappa shape index (κ3) is 7.31. The SMILES string of the molecule is CC(C)N(C)CCCCNCC(C)(O)C(=O)O. The zero-order chi connectivity index (χ0) is 13.5. The molecule has 0 aliphatic rings. The minimum Gasteiger partial charge on any atom is -0.479 e. The summed E-state index contributed by atoms with van der Waals surface area (Å²) in [7, 11) is 2.09. The maximum Gasteiger partial charge on any atom is 0.336 e. The normalized spacial score (nSPS) is 15.2. The molecule has 0 aliphatic carbocycles. The van der Waals surface area contributed by atoms with E-state index in [2.05, 4.69) is 31.1 Å². The number of nitrogens with zero attached hydrogens (tertiary/aromatic N) is 1. The number of aliphatic hydroxyl groups is 1. The maximum absolute atomic E-state index is 10.6. The lowest BCUT2D eigenvalue weighted by molar-refractivity contribution is -0.156. The molecule has 102 valence electrons. The maximum atomic E-state index is 10.6. The van der Waals surface area contributed by atoms with Crippen LogP contribution >= 0.6 is 0 Å². The van der Waals surface area contributed by atoms with Crippen LogP contribution in [0.4, 0.5) is 0 Å². The lowest BCUT2D eigenvalue weighted by Gasteiger charge is -2.21. The molecule has 0 fully saturated rings. The fourth-order valence-electron chi connectivity index (χ4n) is 1.28. The first-order valence-electron chi connectivity index (χ1n) is 6.14. The molecular weight excluding hydrogens is 220 g/mol. The summed E-state index contributed by atoms with van der Waals surface area (Å²) in [6, 6.07) is 0.552. The number of hydrogen-bond donors (Lipinski definition) is 3. The molecular formula is C12H26N2O3. The van der Waals surface area contributed by atoms with Gasteiger partial charge < -0.3 is 20.4 Å². The zero-order valence-electron chi connectivity index (χ0n) is 11.4. The molecule has 0 heterocycles. The van der Waals surface area contributed by atoms with E-state index >= 15 is 0 Å². The summed E-state index contributed by atoms with van der Waals surface area (Å²) >= 11 is 0. The minimum atomic E-state index is -1.67. The summed E-state index contributed by atoms with van der Waals surface area (Å²) in [6.45, 7) is 7.46. The van der Waals surface area contributed by atoms with E-state index in [9.17, 15) is 9.90 Å². The van der Waals surface area contributed by atoms with Crippen LogP contribution in [0.15, 0.2) is 0 Å². The van der Waals surface area contributed by atoms with E-state index in [0.717, 1.165) is 25.9 Å². The van der Waals surface area contributed by atoms with Crippen molar-refractivity contribution in [2.24, 2.45) is 0 Å². The molecule has 5 nitrogen and oxygen atoms in total. The summed E-state index contributed by atoms with van der Waals surface area (Å²) in [6.07, 6.45) is 2.05. The number of rotatable bonds is 9. The number of unbranched alkanes of at least 4 members (excludes halogenated alkanes) is 1. The number of hydrogen-bond acceptors (Lipinski definition) is 4. The Hall–Kier alpha value is -0.650. The van der Waals surface area contributed by atoms with Crippen molar-refractivity contribution in [2.75, 3.05) is 26.7 Å². The van der Waals surface area contributed by atoms with Gasteiger partial charge in [-0.3, -0.25) is 0 Å². The molecule has 0 aromatic carbocycles. The number of nitrogens with one attached hydrogen (secondary N) is 1. The first kappa shape index (κ1) is 16.4. The Bertz CT molecular complexity index is 230. The Morgan fingerprint density at radius 2 is 2.00 bits per heavy atom.